The number of epoxide rings is 1. The lowest BCUT2D eigenvalue weighted by atomic mass is 10.4. The highest BCUT2D eigenvalue weighted by atomic mass is 31.2. The van der Waals surface area contributed by atoms with E-state index in [1.165, 1.54) is 0 Å². The van der Waals surface area contributed by atoms with Crippen LogP contribution in [0.1, 0.15) is 0 Å². The maximum atomic E-state index is 12.5. The van der Waals surface area contributed by atoms with Crippen LogP contribution >= 0.6 is 7.60 Å². The fourth-order valence-electron chi connectivity index (χ4n) is 1.09. The quantitative estimate of drug-likeness (QED) is 0.441. The average molecular weight is 256 g/mol. The summed E-state index contributed by atoms with van der Waals surface area (Å²) in [6.45, 7) is 0. The van der Waals surface area contributed by atoms with Gasteiger partial charge in [-0.05, 0) is 0 Å². The normalized spacial score (nSPS) is 30.3. The van der Waals surface area contributed by atoms with Gasteiger partial charge in [0.05, 0.1) is 0 Å². The first kappa shape index (κ1) is 12.8. The molecule has 0 radical (unpaired) electrons. The van der Waals surface area contributed by atoms with Gasteiger partial charge in [0.2, 0.25) is 0 Å². The highest BCUT2D eigenvalue weighted by Crippen LogP contribution is 2.79. The number of hydrogen-bond donors (Lipinski definition) is 0. The van der Waals surface area contributed by atoms with Gasteiger partial charge >= 0.3 is 25.2 Å². The van der Waals surface area contributed by atoms with E-state index in [0.29, 0.717) is 14.2 Å². The maximum Gasteiger partial charge on any atom is 0.438 e. The van der Waals surface area contributed by atoms with Crippen LogP contribution in [0.3, 0.4) is 0 Å². The largest absolute Gasteiger partial charge is 0.438 e. The Balaban J connectivity index is 3.24. The number of alkyl halides is 5. The fraction of sp³-hybridized carbons (Fsp3) is 1.00. The summed E-state index contributed by atoms with van der Waals surface area (Å²) in [5, 5.41) is -4.18. The van der Waals surface area contributed by atoms with Crippen molar-refractivity contribution in [3.05, 3.63) is 0 Å². The average Bonchev–Trinajstić information content (AvgIpc) is 2.69. The Bertz CT molecular complexity index is 307. The molecule has 90 valence electrons. The molecule has 1 heterocycles. The van der Waals surface area contributed by atoms with Crippen molar-refractivity contribution in [1.29, 1.82) is 0 Å². The molecule has 0 spiro atoms. The van der Waals surface area contributed by atoms with E-state index in [4.69, 9.17) is 0 Å². The molecule has 0 aromatic heterocycles. The zero-order valence-corrected chi connectivity index (χ0v) is 8.36. The molecule has 0 amide bonds. The van der Waals surface area contributed by atoms with Gasteiger partial charge in [-0.1, -0.05) is 0 Å². The van der Waals surface area contributed by atoms with Gasteiger partial charge < -0.3 is 9.05 Å². The van der Waals surface area contributed by atoms with E-state index in [-0.39, 0.29) is 0 Å². The SMILES string of the molecule is COP(=O)(OC)C1(C(F)(F)F)OC1(F)F. The van der Waals surface area contributed by atoms with Crippen LogP contribution < -0.4 is 0 Å². The lowest BCUT2D eigenvalue weighted by Gasteiger charge is -2.22. The Morgan fingerprint density at radius 3 is 1.60 bits per heavy atom. The molecule has 0 aromatic rings. The standard InChI is InChI=1S/C5H6F5O4P/c1-12-15(11,13-2)3(4(6,7)8)5(9,10)14-3/h1-2H3. The van der Waals surface area contributed by atoms with E-state index in [1.54, 1.807) is 0 Å². The topological polar surface area (TPSA) is 48.1 Å². The minimum absolute atomic E-state index is 0.565. The molecular formula is C5H6F5O4P. The van der Waals surface area contributed by atoms with Crippen LogP contribution in [0, 0.1) is 0 Å². The maximum absolute atomic E-state index is 12.5. The third kappa shape index (κ3) is 1.41. The zero-order valence-electron chi connectivity index (χ0n) is 7.47. The monoisotopic (exact) mass is 256 g/mol. The third-order valence-electron chi connectivity index (χ3n) is 1.88. The van der Waals surface area contributed by atoms with Gasteiger partial charge in [0.25, 0.3) is 0 Å². The van der Waals surface area contributed by atoms with Crippen LogP contribution in [0.25, 0.3) is 0 Å². The van der Waals surface area contributed by atoms with Crippen LogP contribution in [0.5, 0.6) is 0 Å². The van der Waals surface area contributed by atoms with Gasteiger partial charge in [-0.3, -0.25) is 9.30 Å². The van der Waals surface area contributed by atoms with Crippen LogP contribution in [0.4, 0.5) is 22.0 Å². The summed E-state index contributed by atoms with van der Waals surface area (Å²) in [7, 11) is -3.98. The Kier molecular flexibility index (Phi) is 2.68. The van der Waals surface area contributed by atoms with Crippen molar-refractivity contribution in [2.24, 2.45) is 0 Å². The molecule has 15 heavy (non-hydrogen) atoms. The molecule has 1 aliphatic rings. The third-order valence-corrected chi connectivity index (χ3v) is 4.22. The molecule has 1 saturated heterocycles. The smallest absolute Gasteiger partial charge is 0.309 e. The number of hydrogen-bond acceptors (Lipinski definition) is 4. The van der Waals surface area contributed by atoms with Gasteiger partial charge in [0, 0.05) is 14.2 Å². The van der Waals surface area contributed by atoms with Crippen LogP contribution in [0.2, 0.25) is 0 Å². The second-order valence-corrected chi connectivity index (χ2v) is 4.98. The predicted octanol–water partition coefficient (Wildman–Crippen LogP) is 2.35. The fourth-order valence-corrected chi connectivity index (χ4v) is 2.60. The lowest BCUT2D eigenvalue weighted by Crippen LogP contribution is -2.38. The summed E-state index contributed by atoms with van der Waals surface area (Å²) in [6, 6.07) is 0. The second kappa shape index (κ2) is 3.13. The summed E-state index contributed by atoms with van der Waals surface area (Å²) in [6.07, 6.45) is -10.2. The summed E-state index contributed by atoms with van der Waals surface area (Å²) in [5.41, 5.74) is 0. The summed E-state index contributed by atoms with van der Waals surface area (Å²) >= 11 is 0. The van der Waals surface area contributed by atoms with Crippen LogP contribution in [-0.2, 0) is 18.3 Å². The van der Waals surface area contributed by atoms with Gasteiger partial charge in [0.1, 0.15) is 0 Å². The van der Waals surface area contributed by atoms with Crippen molar-refractivity contribution in [3.8, 4) is 0 Å². The first-order valence-electron chi connectivity index (χ1n) is 3.44. The van der Waals surface area contributed by atoms with Gasteiger partial charge in [0.15, 0.2) is 0 Å². The molecule has 4 nitrogen and oxygen atoms in total. The molecule has 0 aliphatic carbocycles. The molecule has 1 aliphatic heterocycles. The van der Waals surface area contributed by atoms with Crippen molar-refractivity contribution in [1.82, 2.24) is 0 Å². The molecule has 0 aromatic carbocycles. The van der Waals surface area contributed by atoms with Crippen molar-refractivity contribution >= 4 is 7.60 Å². The van der Waals surface area contributed by atoms with Gasteiger partial charge in [-0.25, -0.2) is 0 Å². The Labute approximate surface area is 80.8 Å². The molecule has 10 heteroatoms. The van der Waals surface area contributed by atoms with Crippen molar-refractivity contribution in [3.63, 3.8) is 0 Å². The minimum Gasteiger partial charge on any atom is -0.309 e. The first-order chi connectivity index (χ1) is 6.58. The van der Waals surface area contributed by atoms with Crippen molar-refractivity contribution in [2.75, 3.05) is 14.2 Å². The molecule has 1 atom stereocenters. The van der Waals surface area contributed by atoms with Gasteiger partial charge in [-0.2, -0.15) is 22.0 Å². The molecule has 0 bridgehead atoms. The molecular weight excluding hydrogens is 250 g/mol. The summed E-state index contributed by atoms with van der Waals surface area (Å²) < 4.78 is 84.4. The minimum atomic E-state index is -5.56. The summed E-state index contributed by atoms with van der Waals surface area (Å²) in [5.74, 6) is 0. The molecule has 1 unspecified atom stereocenters. The Hall–Kier alpha value is -0.240. The summed E-state index contributed by atoms with van der Waals surface area (Å²) in [4.78, 5) is 0. The Morgan fingerprint density at radius 1 is 1.20 bits per heavy atom. The first-order valence-corrected chi connectivity index (χ1v) is 4.98. The van der Waals surface area contributed by atoms with E-state index >= 15 is 0 Å². The van der Waals surface area contributed by atoms with E-state index in [0.717, 1.165) is 0 Å². The molecule has 1 fully saturated rings. The number of halogens is 5. The number of ether oxygens (including phenoxy) is 1. The van der Waals surface area contributed by atoms with Crippen LogP contribution in [0.15, 0.2) is 0 Å². The number of rotatable bonds is 3. The van der Waals surface area contributed by atoms with Crippen LogP contribution in [-0.4, -0.2) is 31.8 Å². The molecule has 1 rings (SSSR count). The van der Waals surface area contributed by atoms with E-state index < -0.39 is 25.2 Å². The lowest BCUT2D eigenvalue weighted by molar-refractivity contribution is -0.169. The molecule has 0 saturated carbocycles. The van der Waals surface area contributed by atoms with E-state index in [1.807, 2.05) is 0 Å². The van der Waals surface area contributed by atoms with Gasteiger partial charge in [-0.15, -0.1) is 0 Å². The van der Waals surface area contributed by atoms with Crippen molar-refractivity contribution in [2.45, 2.75) is 17.6 Å². The van der Waals surface area contributed by atoms with E-state index in [2.05, 4.69) is 13.8 Å². The molecule has 0 N–H and O–H groups in total. The Morgan fingerprint density at radius 2 is 1.53 bits per heavy atom. The highest BCUT2D eigenvalue weighted by molar-refractivity contribution is 7.56. The zero-order chi connectivity index (χ0) is 12.1. The predicted molar refractivity (Wildman–Crippen MR) is 36.4 cm³/mol. The van der Waals surface area contributed by atoms with Crippen molar-refractivity contribution < 1.29 is 40.3 Å². The highest BCUT2D eigenvalue weighted by Gasteiger charge is 2.96. The second-order valence-electron chi connectivity index (χ2n) is 2.62. The van der Waals surface area contributed by atoms with E-state index in [9.17, 15) is 26.5 Å².